The molecule has 0 aromatic heterocycles. The number of Topliss-reactive ketones (excluding diaryl/α,β-unsaturated/α-hetero) is 1. The number of carbonyl (C=O) groups is 2. The number of aliphatic hydroxyl groups is 2. The van der Waals surface area contributed by atoms with E-state index in [9.17, 15) is 34.1 Å². The molecule has 0 amide bonds. The summed E-state index contributed by atoms with van der Waals surface area (Å²) in [5.41, 5.74) is -7.96. The second-order valence-corrected chi connectivity index (χ2v) is 9.55. The Morgan fingerprint density at radius 2 is 2.13 bits per heavy atom. The molecule has 4 aliphatic carbocycles. The van der Waals surface area contributed by atoms with E-state index < -0.39 is 112 Å². The van der Waals surface area contributed by atoms with Crippen molar-refractivity contribution in [2.75, 3.05) is 6.61 Å². The number of fused-ring (bicyclic) bond motifs is 5. The fourth-order valence-corrected chi connectivity index (χ4v) is 5.72. The molecule has 31 heavy (non-hydrogen) atoms. The minimum atomic E-state index is -5.37. The number of hydrogen-bond acceptors (Lipinski definition) is 8. The Labute approximate surface area is 215 Å². The maximum absolute atomic E-state index is 13.0. The Morgan fingerprint density at radius 3 is 2.77 bits per heavy atom. The van der Waals surface area contributed by atoms with Gasteiger partial charge in [0.05, 0.1) is 10.2 Å². The first-order valence-electron chi connectivity index (χ1n) is 13.4. The quantitative estimate of drug-likeness (QED) is 0.274. The molecule has 166 valence electrons. The van der Waals surface area contributed by atoms with Crippen LogP contribution in [0.3, 0.4) is 0 Å². The third kappa shape index (κ3) is 3.85. The van der Waals surface area contributed by atoms with Gasteiger partial charge in [0.25, 0.3) is 0 Å². The average molecular weight is 471 g/mol. The van der Waals surface area contributed by atoms with Crippen LogP contribution in [0.2, 0.25) is 0 Å². The van der Waals surface area contributed by atoms with Gasteiger partial charge >= 0.3 is 29.6 Å². The standard InChI is InChI=1S/C21H28O8S.Na/c1-19-7-5-13(22)9-12(19)3-4-14-15-6-8-21(25,17(24)11-29-30(26,27)28)20(15,2)10-16(23)18(14)19;/h5,7,9,14-16,18,23,25H,3-4,6,8,10-11H2,1-2H3,(H,26,27,28);/q;+1/p-1/t14-,15-,16-,18+,19-,20-,21-;/m0./s1/i3D2,5D,9D,10D2,16D,18D;. The molecular weight excluding hydrogens is 435 g/mol. The van der Waals surface area contributed by atoms with Crippen molar-refractivity contribution in [1.82, 2.24) is 0 Å². The van der Waals surface area contributed by atoms with Crippen LogP contribution in [-0.4, -0.2) is 53.0 Å². The van der Waals surface area contributed by atoms with Gasteiger partial charge in [-0.3, -0.25) is 13.8 Å². The van der Waals surface area contributed by atoms with E-state index in [4.69, 9.17) is 9.60 Å². The van der Waals surface area contributed by atoms with Crippen LogP contribution < -0.4 is 29.6 Å². The van der Waals surface area contributed by atoms with Gasteiger partial charge in [0, 0.05) is 23.6 Å². The minimum absolute atomic E-state index is 0. The molecule has 0 aliphatic heterocycles. The predicted molar refractivity (Wildman–Crippen MR) is 104 cm³/mol. The second kappa shape index (κ2) is 8.13. The molecule has 0 bridgehead atoms. The zero-order valence-corrected chi connectivity index (χ0v) is 20.1. The van der Waals surface area contributed by atoms with Crippen molar-refractivity contribution in [2.24, 2.45) is 28.6 Å². The average Bonchev–Trinajstić information content (AvgIpc) is 3.04. The molecule has 10 heteroatoms. The fourth-order valence-electron chi connectivity index (χ4n) is 5.47. The van der Waals surface area contributed by atoms with E-state index in [1.807, 2.05) is 0 Å². The molecule has 0 saturated heterocycles. The molecule has 3 fully saturated rings. The largest absolute Gasteiger partial charge is 1.00 e. The van der Waals surface area contributed by atoms with Crippen LogP contribution in [0.15, 0.2) is 23.8 Å². The molecule has 0 unspecified atom stereocenters. The maximum Gasteiger partial charge on any atom is 1.00 e. The van der Waals surface area contributed by atoms with Crippen molar-refractivity contribution in [3.05, 3.63) is 23.8 Å². The minimum Gasteiger partial charge on any atom is -0.726 e. The summed E-state index contributed by atoms with van der Waals surface area (Å²) in [4.78, 5) is 25.5. The molecule has 8 nitrogen and oxygen atoms in total. The van der Waals surface area contributed by atoms with Crippen molar-refractivity contribution in [3.63, 3.8) is 0 Å². The van der Waals surface area contributed by atoms with Crippen LogP contribution in [0, 0.1) is 28.6 Å². The van der Waals surface area contributed by atoms with E-state index >= 15 is 0 Å². The van der Waals surface area contributed by atoms with Gasteiger partial charge in [0.2, 0.25) is 10.4 Å². The number of hydrogen-bond donors (Lipinski definition) is 2. The van der Waals surface area contributed by atoms with E-state index in [2.05, 4.69) is 4.18 Å². The molecule has 3 saturated carbocycles. The second-order valence-electron chi connectivity index (χ2n) is 8.50. The molecule has 7 atom stereocenters. The van der Waals surface area contributed by atoms with Crippen molar-refractivity contribution in [3.8, 4) is 0 Å². The molecule has 2 N–H and O–H groups in total. The SMILES string of the molecule is [2H]C1=C[C@@]2(C)C(=C([2H])C1=O)C([2H])([2H])C[C@H]1[C@@H]3CC[C@](O)(C(=O)COS(=O)(=O)[O-])[C@@]3(C)C([2H])([2H])[C@]([2H])(O)[C@@]12[2H].[Na+]. The van der Waals surface area contributed by atoms with Gasteiger partial charge in [0.1, 0.15) is 12.2 Å². The maximum atomic E-state index is 13.0. The van der Waals surface area contributed by atoms with Crippen LogP contribution >= 0.6 is 0 Å². The normalized spacial score (nSPS) is 56.3. The van der Waals surface area contributed by atoms with Crippen molar-refractivity contribution >= 4 is 22.0 Å². The molecular formula is C21H27NaO8S. The zero-order chi connectivity index (χ0) is 29.3. The van der Waals surface area contributed by atoms with Gasteiger partial charge in [-0.1, -0.05) is 25.5 Å². The van der Waals surface area contributed by atoms with Crippen LogP contribution in [0.5, 0.6) is 0 Å². The molecule has 4 aliphatic rings. The van der Waals surface area contributed by atoms with Crippen LogP contribution in [0.1, 0.15) is 56.8 Å². The monoisotopic (exact) mass is 470 g/mol. The van der Waals surface area contributed by atoms with E-state index in [0.717, 1.165) is 19.9 Å². The Hall–Kier alpha value is -0.390. The smallest absolute Gasteiger partial charge is 0.726 e. The van der Waals surface area contributed by atoms with Crippen molar-refractivity contribution in [2.45, 2.75) is 57.5 Å². The van der Waals surface area contributed by atoms with Gasteiger partial charge in [0.15, 0.2) is 11.6 Å². The van der Waals surface area contributed by atoms with Crippen LogP contribution in [0.25, 0.3) is 0 Å². The fraction of sp³-hybridized carbons (Fsp3) is 0.714. The molecule has 0 spiro atoms. The number of ketones is 2. The van der Waals surface area contributed by atoms with E-state index in [-0.39, 0.29) is 36.0 Å². The van der Waals surface area contributed by atoms with E-state index in [1.165, 1.54) is 0 Å². The third-order valence-corrected chi connectivity index (χ3v) is 7.42. The first-order chi connectivity index (χ1) is 16.9. The first kappa shape index (κ1) is 16.3. The Balaban J connectivity index is 0.00000420. The predicted octanol–water partition coefficient (Wildman–Crippen LogP) is -1.95. The summed E-state index contributed by atoms with van der Waals surface area (Å²) in [6.45, 7) is 0.754. The summed E-state index contributed by atoms with van der Waals surface area (Å²) < 4.78 is 107. The summed E-state index contributed by atoms with van der Waals surface area (Å²) in [5, 5.41) is 23.2. The molecule has 0 aromatic carbocycles. The molecule has 4 rings (SSSR count). The zero-order valence-electron chi connectivity index (χ0n) is 25.3. The number of allylic oxidation sites excluding steroid dienone is 4. The summed E-state index contributed by atoms with van der Waals surface area (Å²) in [5.74, 6) is -7.98. The van der Waals surface area contributed by atoms with Crippen molar-refractivity contribution in [1.29, 1.82) is 0 Å². The van der Waals surface area contributed by atoms with Crippen LogP contribution in [-0.2, 0) is 24.2 Å². The van der Waals surface area contributed by atoms with E-state index in [1.54, 1.807) is 0 Å². The molecule has 0 radical (unpaired) electrons. The van der Waals surface area contributed by atoms with Gasteiger partial charge in [-0.15, -0.1) is 0 Å². The summed E-state index contributed by atoms with van der Waals surface area (Å²) >= 11 is 0. The van der Waals surface area contributed by atoms with Crippen molar-refractivity contribution < 1.29 is 77.5 Å². The van der Waals surface area contributed by atoms with Gasteiger partial charge < -0.3 is 14.8 Å². The van der Waals surface area contributed by atoms with Crippen LogP contribution in [0.4, 0.5) is 0 Å². The molecule has 0 heterocycles. The van der Waals surface area contributed by atoms with Gasteiger partial charge in [-0.25, -0.2) is 8.42 Å². The summed E-state index contributed by atoms with van der Waals surface area (Å²) in [7, 11) is -5.37. The summed E-state index contributed by atoms with van der Waals surface area (Å²) in [6.07, 6.45) is -9.98. The number of carbonyl (C=O) groups excluding carboxylic acids is 2. The Morgan fingerprint density at radius 1 is 1.45 bits per heavy atom. The Kier molecular flexibility index (Phi) is 4.27. The summed E-state index contributed by atoms with van der Waals surface area (Å²) in [6, 6.07) is -1.71. The van der Waals surface area contributed by atoms with E-state index in [0.29, 0.717) is 0 Å². The van der Waals surface area contributed by atoms with Gasteiger partial charge in [-0.2, -0.15) is 0 Å². The van der Waals surface area contributed by atoms with Gasteiger partial charge in [-0.05, 0) is 55.9 Å². The number of rotatable bonds is 4. The first-order valence-corrected chi connectivity index (χ1v) is 10.8. The Bertz CT molecular complexity index is 1320. The topological polar surface area (TPSA) is 141 Å². The molecule has 0 aromatic rings. The third-order valence-electron chi connectivity index (χ3n) is 7.01.